The van der Waals surface area contributed by atoms with E-state index in [0.29, 0.717) is 48.6 Å². The smallest absolute Gasteiger partial charge is 0.220 e. The van der Waals surface area contributed by atoms with Gasteiger partial charge < -0.3 is 10.6 Å². The Morgan fingerprint density at radius 2 is 1.08 bits per heavy atom. The van der Waals surface area contributed by atoms with E-state index in [2.05, 4.69) is 38.3 Å². The minimum Gasteiger partial charge on any atom is -0.353 e. The van der Waals surface area contributed by atoms with Gasteiger partial charge in [0.1, 0.15) is 0 Å². The third-order valence-electron chi connectivity index (χ3n) is 7.16. The summed E-state index contributed by atoms with van der Waals surface area (Å²) in [5.41, 5.74) is 0. The second-order valence-corrected chi connectivity index (χ2v) is 9.09. The topological polar surface area (TPSA) is 58.2 Å². The zero-order chi connectivity index (χ0) is 19.1. The van der Waals surface area contributed by atoms with Crippen LogP contribution in [0.1, 0.15) is 91.9 Å². The maximum absolute atomic E-state index is 12.2. The second-order valence-electron chi connectivity index (χ2n) is 9.09. The van der Waals surface area contributed by atoms with Gasteiger partial charge in [0.25, 0.3) is 0 Å². The Hall–Kier alpha value is -1.06. The normalized spacial score (nSPS) is 34.9. The zero-order valence-corrected chi connectivity index (χ0v) is 17.4. The SMILES string of the molecule is C[C@H]1[C@H](C)CCC[C@@H]1NC(=O)CCCCC(=O)N[C@@H]1CCC[C@H](C)[C@@H]1C. The van der Waals surface area contributed by atoms with Crippen LogP contribution in [0.3, 0.4) is 0 Å². The van der Waals surface area contributed by atoms with Crippen LogP contribution in [0.5, 0.6) is 0 Å². The summed E-state index contributed by atoms with van der Waals surface area (Å²) in [5.74, 6) is 2.85. The molecular formula is C22H40N2O2. The quantitative estimate of drug-likeness (QED) is 0.657. The number of rotatable bonds is 7. The molecule has 0 radical (unpaired) electrons. The molecule has 0 aromatic rings. The molecule has 0 heterocycles. The van der Waals surface area contributed by atoms with E-state index in [1.807, 2.05) is 0 Å². The number of amides is 2. The van der Waals surface area contributed by atoms with Crippen LogP contribution >= 0.6 is 0 Å². The number of nitrogens with one attached hydrogen (secondary N) is 2. The average Bonchev–Trinajstić information content (AvgIpc) is 2.60. The van der Waals surface area contributed by atoms with Crippen molar-refractivity contribution in [2.24, 2.45) is 23.7 Å². The summed E-state index contributed by atoms with van der Waals surface area (Å²) in [5, 5.41) is 6.45. The Morgan fingerprint density at radius 1 is 0.692 bits per heavy atom. The molecule has 6 atom stereocenters. The molecule has 2 aliphatic rings. The van der Waals surface area contributed by atoms with Gasteiger partial charge in [-0.2, -0.15) is 0 Å². The van der Waals surface area contributed by atoms with E-state index in [1.165, 1.54) is 25.7 Å². The predicted octanol–water partition coefficient (Wildman–Crippen LogP) is 4.43. The summed E-state index contributed by atoms with van der Waals surface area (Å²) < 4.78 is 0. The van der Waals surface area contributed by atoms with Crippen LogP contribution in [0.15, 0.2) is 0 Å². The van der Waals surface area contributed by atoms with Crippen molar-refractivity contribution < 1.29 is 9.59 Å². The molecule has 2 aliphatic carbocycles. The van der Waals surface area contributed by atoms with Gasteiger partial charge in [0.05, 0.1) is 0 Å². The van der Waals surface area contributed by atoms with Crippen molar-refractivity contribution in [3.05, 3.63) is 0 Å². The van der Waals surface area contributed by atoms with E-state index in [1.54, 1.807) is 0 Å². The summed E-state index contributed by atoms with van der Waals surface area (Å²) in [6.07, 6.45) is 9.89. The molecule has 0 saturated heterocycles. The highest BCUT2D eigenvalue weighted by Crippen LogP contribution is 2.30. The van der Waals surface area contributed by atoms with Crippen LogP contribution in [0.2, 0.25) is 0 Å². The Bertz CT molecular complexity index is 423. The highest BCUT2D eigenvalue weighted by atomic mass is 16.2. The van der Waals surface area contributed by atoms with Crippen LogP contribution in [0, 0.1) is 23.7 Å². The maximum Gasteiger partial charge on any atom is 0.220 e. The first-order chi connectivity index (χ1) is 12.4. The molecule has 0 unspecified atom stereocenters. The molecule has 4 heteroatoms. The number of hydrogen-bond acceptors (Lipinski definition) is 2. The van der Waals surface area contributed by atoms with Crippen molar-refractivity contribution in [1.29, 1.82) is 0 Å². The summed E-state index contributed by atoms with van der Waals surface area (Å²) in [7, 11) is 0. The van der Waals surface area contributed by atoms with E-state index in [9.17, 15) is 9.59 Å². The predicted molar refractivity (Wildman–Crippen MR) is 107 cm³/mol. The van der Waals surface area contributed by atoms with Crippen LogP contribution in [-0.4, -0.2) is 23.9 Å². The van der Waals surface area contributed by atoms with Crippen LogP contribution < -0.4 is 10.6 Å². The van der Waals surface area contributed by atoms with E-state index >= 15 is 0 Å². The third kappa shape index (κ3) is 6.28. The monoisotopic (exact) mass is 364 g/mol. The lowest BCUT2D eigenvalue weighted by molar-refractivity contribution is -0.124. The molecule has 0 spiro atoms. The van der Waals surface area contributed by atoms with Gasteiger partial charge in [0, 0.05) is 24.9 Å². The van der Waals surface area contributed by atoms with Gasteiger partial charge in [-0.3, -0.25) is 9.59 Å². The lowest BCUT2D eigenvalue weighted by atomic mass is 9.78. The minimum absolute atomic E-state index is 0.158. The molecule has 2 amide bonds. The van der Waals surface area contributed by atoms with E-state index in [0.717, 1.165) is 25.7 Å². The lowest BCUT2D eigenvalue weighted by Crippen LogP contribution is -2.44. The number of unbranched alkanes of at least 4 members (excludes halogenated alkanes) is 1. The number of hydrogen-bond donors (Lipinski definition) is 2. The number of carbonyl (C=O) groups is 2. The van der Waals surface area contributed by atoms with Crippen molar-refractivity contribution in [3.8, 4) is 0 Å². The van der Waals surface area contributed by atoms with Gasteiger partial charge in [0.15, 0.2) is 0 Å². The molecular weight excluding hydrogens is 324 g/mol. The van der Waals surface area contributed by atoms with Crippen LogP contribution in [-0.2, 0) is 9.59 Å². The van der Waals surface area contributed by atoms with Crippen molar-refractivity contribution in [3.63, 3.8) is 0 Å². The van der Waals surface area contributed by atoms with Gasteiger partial charge in [-0.25, -0.2) is 0 Å². The average molecular weight is 365 g/mol. The Balaban J connectivity index is 1.59. The molecule has 26 heavy (non-hydrogen) atoms. The van der Waals surface area contributed by atoms with Crippen molar-refractivity contribution in [2.75, 3.05) is 0 Å². The molecule has 2 rings (SSSR count). The van der Waals surface area contributed by atoms with Gasteiger partial charge in [-0.15, -0.1) is 0 Å². The Labute approximate surface area is 160 Å². The first-order valence-electron chi connectivity index (χ1n) is 11.0. The summed E-state index contributed by atoms with van der Waals surface area (Å²) in [4.78, 5) is 24.4. The minimum atomic E-state index is 0.158. The lowest BCUT2D eigenvalue weighted by Gasteiger charge is -2.34. The van der Waals surface area contributed by atoms with E-state index < -0.39 is 0 Å². The molecule has 2 saturated carbocycles. The molecule has 2 fully saturated rings. The largest absolute Gasteiger partial charge is 0.353 e. The standard InChI is InChI=1S/C22H40N2O2/c1-15-9-7-11-19(17(15)3)23-21(25)13-5-6-14-22(26)24-20-12-8-10-16(2)18(20)4/h15-20H,5-14H2,1-4H3,(H,23,25)(H,24,26)/t15-,16+,17-,18-,19+,20-/m0/s1. The maximum atomic E-state index is 12.2. The Morgan fingerprint density at radius 3 is 1.46 bits per heavy atom. The van der Waals surface area contributed by atoms with Crippen LogP contribution in [0.4, 0.5) is 0 Å². The second kappa shape index (κ2) is 10.3. The van der Waals surface area contributed by atoms with Crippen molar-refractivity contribution in [1.82, 2.24) is 10.6 Å². The van der Waals surface area contributed by atoms with Crippen LogP contribution in [0.25, 0.3) is 0 Å². The fourth-order valence-electron chi connectivity index (χ4n) is 4.70. The first-order valence-corrected chi connectivity index (χ1v) is 11.0. The summed E-state index contributed by atoms with van der Waals surface area (Å²) >= 11 is 0. The van der Waals surface area contributed by atoms with Gasteiger partial charge in [-0.05, 0) is 49.4 Å². The molecule has 0 aromatic heterocycles. The molecule has 0 aliphatic heterocycles. The third-order valence-corrected chi connectivity index (χ3v) is 7.16. The van der Waals surface area contributed by atoms with E-state index in [4.69, 9.17) is 0 Å². The Kier molecular flexibility index (Phi) is 8.43. The van der Waals surface area contributed by atoms with Gasteiger partial charge >= 0.3 is 0 Å². The molecule has 4 nitrogen and oxygen atoms in total. The molecule has 150 valence electrons. The summed E-state index contributed by atoms with van der Waals surface area (Å²) in [6.45, 7) is 9.09. The zero-order valence-electron chi connectivity index (χ0n) is 17.4. The highest BCUT2D eigenvalue weighted by Gasteiger charge is 2.29. The first kappa shape index (κ1) is 21.2. The van der Waals surface area contributed by atoms with Crippen molar-refractivity contribution in [2.45, 2.75) is 104 Å². The highest BCUT2D eigenvalue weighted by molar-refractivity contribution is 5.77. The fourth-order valence-corrected chi connectivity index (χ4v) is 4.70. The molecule has 0 aromatic carbocycles. The summed E-state index contributed by atoms with van der Waals surface area (Å²) in [6, 6.07) is 0.675. The van der Waals surface area contributed by atoms with Crippen molar-refractivity contribution >= 4 is 11.8 Å². The number of carbonyl (C=O) groups excluding carboxylic acids is 2. The fraction of sp³-hybridized carbons (Fsp3) is 0.909. The van der Waals surface area contributed by atoms with Gasteiger partial charge in [0.2, 0.25) is 11.8 Å². The van der Waals surface area contributed by atoms with E-state index in [-0.39, 0.29) is 11.8 Å². The van der Waals surface area contributed by atoms with Gasteiger partial charge in [-0.1, -0.05) is 53.4 Å². The molecule has 0 bridgehead atoms. The molecule has 2 N–H and O–H groups in total.